The minimum Gasteiger partial charge on any atom is -0.506 e. The van der Waals surface area contributed by atoms with Crippen molar-refractivity contribution in [2.24, 2.45) is 9.98 Å². The van der Waals surface area contributed by atoms with E-state index >= 15 is 0 Å². The van der Waals surface area contributed by atoms with E-state index in [4.69, 9.17) is 11.8 Å². The number of aromatic hydroxyl groups is 4. The maximum atomic E-state index is 10.6. The molecule has 0 aliphatic rings. The van der Waals surface area contributed by atoms with Crippen molar-refractivity contribution in [1.29, 1.82) is 5.26 Å². The average molecular weight is 808 g/mol. The topological polar surface area (TPSA) is 169 Å². The summed E-state index contributed by atoms with van der Waals surface area (Å²) in [5, 5.41) is 59.1. The van der Waals surface area contributed by atoms with Gasteiger partial charge in [-0.25, -0.2) is 14.2 Å². The van der Waals surface area contributed by atoms with Crippen LogP contribution in [-0.4, -0.2) is 52.4 Å². The number of nitrogens with zero attached hydrogens (tertiary/aromatic N) is 8. The summed E-state index contributed by atoms with van der Waals surface area (Å²) in [7, 11) is 0. The van der Waals surface area contributed by atoms with Gasteiger partial charge in [-0.3, -0.25) is 9.98 Å². The van der Waals surface area contributed by atoms with Crippen LogP contribution in [-0.2, 0) is 27.6 Å². The fourth-order valence-corrected chi connectivity index (χ4v) is 5.52. The summed E-state index contributed by atoms with van der Waals surface area (Å²) >= 11 is 0. The van der Waals surface area contributed by atoms with E-state index in [-0.39, 0.29) is 50.9 Å². The van der Waals surface area contributed by atoms with E-state index in [0.717, 1.165) is 11.1 Å². The standard InChI is InChI=1S/2C22H22N4O2.Co/c1-14-18(13-24-19-12-15(22(2,3)4)6-11-20(19)27)21(28)26(25-14)17-9-7-16(23-5)8-10-17;1-14-18(13-24-19-11-16(22(2,3)4)7-10-20(19)27)21(28)26(25-14)17-8-5-15(12-23)6-9-17;/h6-13,27-28H,1-4H3;5-11,13,27-28H,1-4H3;. The van der Waals surface area contributed by atoms with Crippen LogP contribution in [0.25, 0.3) is 16.2 Å². The second-order valence-corrected chi connectivity index (χ2v) is 15.2. The predicted molar refractivity (Wildman–Crippen MR) is 219 cm³/mol. The van der Waals surface area contributed by atoms with Gasteiger partial charge in [0.1, 0.15) is 22.9 Å². The van der Waals surface area contributed by atoms with E-state index in [1.807, 2.05) is 24.3 Å². The van der Waals surface area contributed by atoms with Crippen molar-refractivity contribution in [2.75, 3.05) is 0 Å². The fourth-order valence-electron chi connectivity index (χ4n) is 5.52. The smallest absolute Gasteiger partial charge is 0.223 e. The summed E-state index contributed by atoms with van der Waals surface area (Å²) in [5.74, 6) is 0.0325. The summed E-state index contributed by atoms with van der Waals surface area (Å²) < 4.78 is 2.79. The van der Waals surface area contributed by atoms with Gasteiger partial charge in [0.2, 0.25) is 11.8 Å². The molecule has 2 heterocycles. The first-order valence-electron chi connectivity index (χ1n) is 17.7. The van der Waals surface area contributed by atoms with Gasteiger partial charge in [0, 0.05) is 29.2 Å². The molecule has 293 valence electrons. The Morgan fingerprint density at radius 3 is 1.39 bits per heavy atom. The third-order valence-corrected chi connectivity index (χ3v) is 8.98. The van der Waals surface area contributed by atoms with Crippen LogP contribution in [0.3, 0.4) is 0 Å². The SMILES string of the molecule is Cc1nn(-c2ccc(C#N)cc2)c(O)c1C=Nc1cc(C(C)(C)C)ccc1O.[C-]#[N+]c1ccc(-n2nc(C)c(C=Nc3cc(C(C)(C)C)ccc3O)c2O)cc1.[Co]. The zero-order valence-corrected chi connectivity index (χ0v) is 34.0. The van der Waals surface area contributed by atoms with Gasteiger partial charge in [-0.1, -0.05) is 65.8 Å². The second kappa shape index (κ2) is 17.4. The Labute approximate surface area is 342 Å². The van der Waals surface area contributed by atoms with Crippen molar-refractivity contribution in [3.05, 3.63) is 136 Å². The number of aromatic nitrogens is 4. The molecule has 0 saturated heterocycles. The van der Waals surface area contributed by atoms with Crippen LogP contribution in [0.1, 0.15) is 80.7 Å². The van der Waals surface area contributed by atoms with Crippen LogP contribution in [0.5, 0.6) is 23.3 Å². The molecule has 0 fully saturated rings. The molecular weight excluding hydrogens is 763 g/mol. The Morgan fingerprint density at radius 2 is 1.04 bits per heavy atom. The summed E-state index contributed by atoms with van der Waals surface area (Å²) in [6.07, 6.45) is 3.00. The Bertz CT molecular complexity index is 2350. The monoisotopic (exact) mass is 807 g/mol. The third kappa shape index (κ3) is 9.96. The number of hydrogen-bond donors (Lipinski definition) is 4. The van der Waals surface area contributed by atoms with Crippen LogP contribution in [0.4, 0.5) is 17.1 Å². The van der Waals surface area contributed by atoms with Crippen LogP contribution in [0, 0.1) is 31.8 Å². The summed E-state index contributed by atoms with van der Waals surface area (Å²) in [5.41, 5.74) is 7.26. The van der Waals surface area contributed by atoms with Crippen LogP contribution in [0.2, 0.25) is 0 Å². The first kappa shape index (κ1) is 43.1. The first-order chi connectivity index (χ1) is 26.4. The zero-order valence-electron chi connectivity index (χ0n) is 32.9. The minimum absolute atomic E-state index is 0. The molecule has 12 nitrogen and oxygen atoms in total. The van der Waals surface area contributed by atoms with Gasteiger partial charge in [-0.15, -0.1) is 0 Å². The molecule has 0 spiro atoms. The van der Waals surface area contributed by atoms with E-state index in [1.165, 1.54) is 21.8 Å². The molecule has 0 unspecified atom stereocenters. The van der Waals surface area contributed by atoms with E-state index in [9.17, 15) is 20.4 Å². The van der Waals surface area contributed by atoms with Gasteiger partial charge in [0.15, 0.2) is 5.69 Å². The largest absolute Gasteiger partial charge is 0.506 e. The van der Waals surface area contributed by atoms with Gasteiger partial charge in [-0.2, -0.15) is 15.5 Å². The Morgan fingerprint density at radius 1 is 0.649 bits per heavy atom. The van der Waals surface area contributed by atoms with Crippen molar-refractivity contribution in [1.82, 2.24) is 19.6 Å². The number of hydrogen-bond acceptors (Lipinski definition) is 9. The zero-order chi connectivity index (χ0) is 40.9. The Kier molecular flexibility index (Phi) is 13.2. The molecule has 13 heteroatoms. The van der Waals surface area contributed by atoms with Gasteiger partial charge in [0.05, 0.1) is 52.1 Å². The number of phenols is 2. The van der Waals surface area contributed by atoms with E-state index in [0.29, 0.717) is 56.5 Å². The molecule has 6 aromatic rings. The molecule has 2 aromatic heterocycles. The molecule has 0 atom stereocenters. The number of benzene rings is 4. The number of rotatable bonds is 6. The van der Waals surface area contributed by atoms with E-state index in [1.54, 1.807) is 74.5 Å². The summed E-state index contributed by atoms with van der Waals surface area (Å²) in [6, 6.07) is 26.3. The first-order valence-corrected chi connectivity index (χ1v) is 17.7. The molecular formula is C44H44CoN8O4. The molecule has 1 radical (unpaired) electrons. The fraction of sp³-hybridized carbons (Fsp3) is 0.227. The number of nitriles is 1. The van der Waals surface area contributed by atoms with Crippen molar-refractivity contribution in [3.8, 4) is 40.7 Å². The van der Waals surface area contributed by atoms with Crippen molar-refractivity contribution < 1.29 is 37.2 Å². The maximum absolute atomic E-state index is 10.6. The minimum atomic E-state index is -0.0729. The Hall–Kier alpha value is -6.67. The van der Waals surface area contributed by atoms with Crippen LogP contribution >= 0.6 is 0 Å². The van der Waals surface area contributed by atoms with Crippen LogP contribution < -0.4 is 0 Å². The van der Waals surface area contributed by atoms with Gasteiger partial charge in [0.25, 0.3) is 0 Å². The van der Waals surface area contributed by atoms with Gasteiger partial charge in [-0.05, 0) is 96.5 Å². The number of aliphatic imine (C=N–C) groups is 2. The summed E-state index contributed by atoms with van der Waals surface area (Å²) in [4.78, 5) is 12.1. The molecule has 57 heavy (non-hydrogen) atoms. The summed E-state index contributed by atoms with van der Waals surface area (Å²) in [6.45, 7) is 23.1. The van der Waals surface area contributed by atoms with Crippen molar-refractivity contribution in [2.45, 2.75) is 66.2 Å². The molecule has 0 aliphatic carbocycles. The van der Waals surface area contributed by atoms with Gasteiger partial charge < -0.3 is 20.4 Å². The molecule has 0 aliphatic heterocycles. The van der Waals surface area contributed by atoms with Crippen molar-refractivity contribution in [3.63, 3.8) is 0 Å². The quantitative estimate of drug-likeness (QED) is 0.0959. The normalized spacial score (nSPS) is 11.5. The molecule has 0 bridgehead atoms. The average Bonchev–Trinajstić information content (AvgIpc) is 3.61. The van der Waals surface area contributed by atoms with E-state index in [2.05, 4.69) is 72.6 Å². The molecule has 6 rings (SSSR count). The molecule has 0 saturated carbocycles. The molecule has 4 aromatic carbocycles. The van der Waals surface area contributed by atoms with Crippen LogP contribution in [0.15, 0.2) is 94.9 Å². The van der Waals surface area contributed by atoms with Gasteiger partial charge >= 0.3 is 0 Å². The molecule has 0 amide bonds. The third-order valence-electron chi connectivity index (χ3n) is 8.98. The second-order valence-electron chi connectivity index (χ2n) is 15.2. The van der Waals surface area contributed by atoms with Crippen molar-refractivity contribution >= 4 is 29.5 Å². The predicted octanol–water partition coefficient (Wildman–Crippen LogP) is 9.70. The maximum Gasteiger partial charge on any atom is 0.223 e. The number of phenolic OH excluding ortho intramolecular Hbond substituents is 2. The number of aryl methyl sites for hydroxylation is 2. The Balaban J connectivity index is 0.000000248. The molecule has 4 N–H and O–H groups in total. The van der Waals surface area contributed by atoms with E-state index < -0.39 is 0 Å².